The van der Waals surface area contributed by atoms with Crippen molar-refractivity contribution in [1.82, 2.24) is 4.31 Å². The molecule has 1 fully saturated rings. The Labute approximate surface area is 160 Å². The van der Waals surface area contributed by atoms with Crippen molar-refractivity contribution in [3.05, 3.63) is 35.9 Å². The number of benzene rings is 1. The summed E-state index contributed by atoms with van der Waals surface area (Å²) in [6, 6.07) is 10.6. The van der Waals surface area contributed by atoms with Crippen LogP contribution in [0.2, 0.25) is 0 Å². The first-order valence-corrected chi connectivity index (χ1v) is 12.0. The molecule has 148 valence electrons. The SMILES string of the molecule is CCCCCCCCS(=O)(=O)N1CC[N+](CC)(Cc2ccccc2)CC1. The summed E-state index contributed by atoms with van der Waals surface area (Å²) in [6.45, 7) is 9.65. The van der Waals surface area contributed by atoms with Gasteiger partial charge in [0.05, 0.1) is 38.5 Å². The number of hydrogen-bond acceptors (Lipinski definition) is 2. The van der Waals surface area contributed by atoms with Crippen LogP contribution in [0.3, 0.4) is 0 Å². The van der Waals surface area contributed by atoms with Gasteiger partial charge in [-0.3, -0.25) is 0 Å². The highest BCUT2D eigenvalue weighted by Crippen LogP contribution is 2.20. The zero-order valence-electron chi connectivity index (χ0n) is 16.7. The lowest BCUT2D eigenvalue weighted by atomic mass is 10.1. The molecule has 0 amide bonds. The van der Waals surface area contributed by atoms with Crippen molar-refractivity contribution in [2.75, 3.05) is 38.5 Å². The number of likely N-dealkylation sites (N-methyl/N-ethyl adjacent to an activating group) is 1. The van der Waals surface area contributed by atoms with E-state index in [9.17, 15) is 8.42 Å². The summed E-state index contributed by atoms with van der Waals surface area (Å²) in [7, 11) is -3.08. The van der Waals surface area contributed by atoms with Crippen LogP contribution >= 0.6 is 0 Å². The first kappa shape index (κ1) is 21.4. The molecular formula is C21H37N2O2S+. The van der Waals surface area contributed by atoms with Gasteiger partial charge in [-0.25, -0.2) is 8.42 Å². The van der Waals surface area contributed by atoms with Crippen LogP contribution in [0.25, 0.3) is 0 Å². The molecule has 0 N–H and O–H groups in total. The van der Waals surface area contributed by atoms with E-state index in [1.54, 1.807) is 4.31 Å². The molecule has 0 bridgehead atoms. The summed E-state index contributed by atoms with van der Waals surface area (Å²) in [5.41, 5.74) is 1.35. The van der Waals surface area contributed by atoms with E-state index in [-0.39, 0.29) is 0 Å². The molecule has 5 heteroatoms. The van der Waals surface area contributed by atoms with Crippen LogP contribution in [0.4, 0.5) is 0 Å². The number of quaternary nitrogens is 1. The lowest BCUT2D eigenvalue weighted by Gasteiger charge is -2.44. The highest BCUT2D eigenvalue weighted by Gasteiger charge is 2.35. The van der Waals surface area contributed by atoms with Crippen molar-refractivity contribution in [3.63, 3.8) is 0 Å². The van der Waals surface area contributed by atoms with Gasteiger partial charge in [-0.1, -0.05) is 69.4 Å². The van der Waals surface area contributed by atoms with Gasteiger partial charge in [-0.15, -0.1) is 0 Å². The van der Waals surface area contributed by atoms with Crippen molar-refractivity contribution < 1.29 is 12.9 Å². The third-order valence-corrected chi connectivity index (χ3v) is 7.78. The maximum atomic E-state index is 12.7. The fraction of sp³-hybridized carbons (Fsp3) is 0.714. The molecule has 0 aromatic heterocycles. The van der Waals surface area contributed by atoms with Gasteiger partial charge in [0.25, 0.3) is 0 Å². The minimum absolute atomic E-state index is 0.323. The van der Waals surface area contributed by atoms with Crippen LogP contribution in [0.5, 0.6) is 0 Å². The molecule has 1 aliphatic heterocycles. The molecule has 1 aliphatic rings. The number of sulfonamides is 1. The van der Waals surface area contributed by atoms with Crippen molar-refractivity contribution in [2.45, 2.75) is 58.9 Å². The number of nitrogens with zero attached hydrogens (tertiary/aromatic N) is 2. The van der Waals surface area contributed by atoms with Crippen molar-refractivity contribution >= 4 is 10.0 Å². The van der Waals surface area contributed by atoms with Crippen molar-refractivity contribution in [2.24, 2.45) is 0 Å². The van der Waals surface area contributed by atoms with Gasteiger partial charge < -0.3 is 4.48 Å². The third-order valence-electron chi connectivity index (χ3n) is 5.83. The smallest absolute Gasteiger partial charge is 0.214 e. The monoisotopic (exact) mass is 381 g/mol. The van der Waals surface area contributed by atoms with Crippen LogP contribution in [0, 0.1) is 0 Å². The molecule has 0 spiro atoms. The van der Waals surface area contributed by atoms with Gasteiger partial charge in [-0.2, -0.15) is 4.31 Å². The van der Waals surface area contributed by atoms with E-state index in [4.69, 9.17) is 0 Å². The maximum absolute atomic E-state index is 12.7. The number of piperazine rings is 1. The molecule has 0 unspecified atom stereocenters. The molecular weight excluding hydrogens is 344 g/mol. The number of unbranched alkanes of at least 4 members (excludes halogenated alkanes) is 5. The van der Waals surface area contributed by atoms with E-state index in [0.29, 0.717) is 18.8 Å². The molecule has 1 saturated heterocycles. The summed E-state index contributed by atoms with van der Waals surface area (Å²) < 4.78 is 28.0. The second-order valence-electron chi connectivity index (χ2n) is 7.73. The summed E-state index contributed by atoms with van der Waals surface area (Å²) in [5, 5.41) is 0. The lowest BCUT2D eigenvalue weighted by molar-refractivity contribution is -0.942. The average Bonchev–Trinajstić information content (AvgIpc) is 2.66. The van der Waals surface area contributed by atoms with Crippen LogP contribution < -0.4 is 0 Å². The standard InChI is InChI=1S/C21H37N2O2S/c1-3-5-6-7-8-12-19-26(24,25)22-15-17-23(4-2,18-16-22)20-21-13-10-9-11-14-21/h9-11,13-14H,3-8,12,15-20H2,1-2H3/q+1. The molecule has 2 rings (SSSR count). The van der Waals surface area contributed by atoms with Crippen LogP contribution in [0.15, 0.2) is 30.3 Å². The van der Waals surface area contributed by atoms with Gasteiger partial charge in [0.1, 0.15) is 6.54 Å². The average molecular weight is 382 g/mol. The summed E-state index contributed by atoms with van der Waals surface area (Å²) in [4.78, 5) is 0. The fourth-order valence-corrected chi connectivity index (χ4v) is 5.45. The topological polar surface area (TPSA) is 37.4 Å². The van der Waals surface area contributed by atoms with Crippen LogP contribution in [-0.2, 0) is 16.6 Å². The van der Waals surface area contributed by atoms with Gasteiger partial charge in [0.2, 0.25) is 10.0 Å². The molecule has 0 saturated carbocycles. The molecule has 0 radical (unpaired) electrons. The Morgan fingerprint density at radius 1 is 0.923 bits per heavy atom. The van der Waals surface area contributed by atoms with E-state index in [2.05, 4.69) is 38.1 Å². The van der Waals surface area contributed by atoms with Gasteiger partial charge in [-0.05, 0) is 13.3 Å². The van der Waals surface area contributed by atoms with E-state index in [1.165, 1.54) is 24.8 Å². The second kappa shape index (κ2) is 10.4. The molecule has 0 atom stereocenters. The zero-order chi connectivity index (χ0) is 18.9. The quantitative estimate of drug-likeness (QED) is 0.429. The Hall–Kier alpha value is -0.910. The summed E-state index contributed by atoms with van der Waals surface area (Å²) in [6.07, 6.45) is 6.73. The summed E-state index contributed by atoms with van der Waals surface area (Å²) in [5.74, 6) is 0.323. The fourth-order valence-electron chi connectivity index (χ4n) is 3.90. The Kier molecular flexibility index (Phi) is 8.58. The Morgan fingerprint density at radius 3 is 2.15 bits per heavy atom. The van der Waals surface area contributed by atoms with Gasteiger partial charge >= 0.3 is 0 Å². The highest BCUT2D eigenvalue weighted by atomic mass is 32.2. The normalized spacial score (nSPS) is 18.1. The predicted octanol–water partition coefficient (Wildman–Crippen LogP) is 4.03. The first-order valence-electron chi connectivity index (χ1n) is 10.4. The van der Waals surface area contributed by atoms with E-state index < -0.39 is 10.0 Å². The zero-order valence-corrected chi connectivity index (χ0v) is 17.5. The van der Waals surface area contributed by atoms with Gasteiger partial charge in [0, 0.05) is 5.56 Å². The first-order chi connectivity index (χ1) is 12.5. The molecule has 1 heterocycles. The predicted molar refractivity (Wildman–Crippen MR) is 109 cm³/mol. The van der Waals surface area contributed by atoms with Crippen molar-refractivity contribution in [1.29, 1.82) is 0 Å². The number of hydrogen-bond donors (Lipinski definition) is 0. The lowest BCUT2D eigenvalue weighted by Crippen LogP contribution is -2.60. The van der Waals surface area contributed by atoms with Gasteiger partial charge in [0.15, 0.2) is 0 Å². The number of rotatable bonds is 11. The molecule has 0 aliphatic carbocycles. The molecule has 26 heavy (non-hydrogen) atoms. The van der Waals surface area contributed by atoms with E-state index in [0.717, 1.165) is 49.9 Å². The van der Waals surface area contributed by atoms with E-state index in [1.807, 2.05) is 6.07 Å². The minimum atomic E-state index is -3.08. The van der Waals surface area contributed by atoms with Crippen molar-refractivity contribution in [3.8, 4) is 0 Å². The van der Waals surface area contributed by atoms with E-state index >= 15 is 0 Å². The van der Waals surface area contributed by atoms with Crippen LogP contribution in [-0.4, -0.2) is 55.7 Å². The molecule has 1 aromatic rings. The summed E-state index contributed by atoms with van der Waals surface area (Å²) >= 11 is 0. The molecule has 1 aromatic carbocycles. The Bertz CT molecular complexity index is 608. The van der Waals surface area contributed by atoms with Crippen LogP contribution in [0.1, 0.15) is 57.9 Å². The molecule has 4 nitrogen and oxygen atoms in total. The largest absolute Gasteiger partial charge is 0.318 e. The Morgan fingerprint density at radius 2 is 1.54 bits per heavy atom. The second-order valence-corrected chi connectivity index (χ2v) is 9.82. The highest BCUT2D eigenvalue weighted by molar-refractivity contribution is 7.89. The minimum Gasteiger partial charge on any atom is -0.318 e. The third kappa shape index (κ3) is 6.36. The maximum Gasteiger partial charge on any atom is 0.214 e. The Balaban J connectivity index is 1.81.